The van der Waals surface area contributed by atoms with Crippen LogP contribution in [-0.4, -0.2) is 49.3 Å². The molecule has 0 bridgehead atoms. The van der Waals surface area contributed by atoms with Crippen molar-refractivity contribution < 1.29 is 9.18 Å². The lowest BCUT2D eigenvalue weighted by Gasteiger charge is -2.31. The van der Waals surface area contributed by atoms with Crippen LogP contribution in [0.4, 0.5) is 4.39 Å². The number of piperidine rings is 1. The summed E-state index contributed by atoms with van der Waals surface area (Å²) < 4.78 is 13.4. The Kier molecular flexibility index (Phi) is 3.63. The first-order valence-corrected chi connectivity index (χ1v) is 8.92. The average molecular weight is 364 g/mol. The third kappa shape index (κ3) is 2.83. The summed E-state index contributed by atoms with van der Waals surface area (Å²) in [5, 5.41) is 10.6. The molecular weight excluding hydrogens is 347 g/mol. The molecule has 136 valence electrons. The van der Waals surface area contributed by atoms with Gasteiger partial charge in [0.1, 0.15) is 22.7 Å². The SMILES string of the molecule is O=C(c1ccc2n[nH]nc2c1)N1CCC(c2nc3ccc(F)cc3[nH]2)CC1. The number of carbonyl (C=O) groups excluding carboxylic acids is 1. The summed E-state index contributed by atoms with van der Waals surface area (Å²) in [6.45, 7) is 1.32. The summed E-state index contributed by atoms with van der Waals surface area (Å²) in [6, 6.07) is 9.91. The van der Waals surface area contributed by atoms with Gasteiger partial charge in [-0.2, -0.15) is 15.4 Å². The fraction of sp³-hybridized carbons (Fsp3) is 0.263. The van der Waals surface area contributed by atoms with Crippen LogP contribution in [0, 0.1) is 5.82 Å². The van der Waals surface area contributed by atoms with E-state index in [-0.39, 0.29) is 17.6 Å². The molecule has 5 rings (SSSR count). The topological polar surface area (TPSA) is 90.6 Å². The molecule has 1 aliphatic rings. The highest BCUT2D eigenvalue weighted by molar-refractivity contribution is 5.97. The molecule has 1 amide bonds. The molecule has 1 aliphatic heterocycles. The molecule has 0 aliphatic carbocycles. The number of halogens is 1. The number of H-pyrrole nitrogens is 2. The molecule has 4 aromatic rings. The second-order valence-electron chi connectivity index (χ2n) is 6.88. The number of hydrogen-bond acceptors (Lipinski definition) is 4. The summed E-state index contributed by atoms with van der Waals surface area (Å²) in [7, 11) is 0. The molecule has 2 aromatic carbocycles. The predicted octanol–water partition coefficient (Wildman–Crippen LogP) is 2.99. The van der Waals surface area contributed by atoms with Gasteiger partial charge in [-0.25, -0.2) is 9.37 Å². The normalized spacial score (nSPS) is 15.7. The lowest BCUT2D eigenvalue weighted by molar-refractivity contribution is 0.0711. The van der Waals surface area contributed by atoms with E-state index in [9.17, 15) is 9.18 Å². The van der Waals surface area contributed by atoms with Crippen molar-refractivity contribution in [1.29, 1.82) is 0 Å². The number of aromatic amines is 2. The molecule has 7 nitrogen and oxygen atoms in total. The third-order valence-electron chi connectivity index (χ3n) is 5.19. The minimum Gasteiger partial charge on any atom is -0.342 e. The molecule has 0 radical (unpaired) electrons. The molecule has 2 N–H and O–H groups in total. The van der Waals surface area contributed by atoms with E-state index in [2.05, 4.69) is 25.4 Å². The first kappa shape index (κ1) is 15.9. The first-order valence-electron chi connectivity index (χ1n) is 8.92. The summed E-state index contributed by atoms with van der Waals surface area (Å²) in [5.41, 5.74) is 3.53. The van der Waals surface area contributed by atoms with Crippen LogP contribution in [0.15, 0.2) is 36.4 Å². The smallest absolute Gasteiger partial charge is 0.253 e. The zero-order chi connectivity index (χ0) is 18.4. The van der Waals surface area contributed by atoms with Gasteiger partial charge in [0.2, 0.25) is 0 Å². The van der Waals surface area contributed by atoms with Crippen molar-refractivity contribution in [2.75, 3.05) is 13.1 Å². The van der Waals surface area contributed by atoms with Crippen LogP contribution >= 0.6 is 0 Å². The minimum absolute atomic E-state index is 0.00465. The van der Waals surface area contributed by atoms with Gasteiger partial charge < -0.3 is 9.88 Å². The molecular formula is C19H17FN6O. The molecule has 0 unspecified atom stereocenters. The lowest BCUT2D eigenvalue weighted by Crippen LogP contribution is -2.38. The van der Waals surface area contributed by atoms with Crippen LogP contribution in [0.2, 0.25) is 0 Å². The van der Waals surface area contributed by atoms with Gasteiger partial charge >= 0.3 is 0 Å². The van der Waals surface area contributed by atoms with Crippen molar-refractivity contribution in [2.45, 2.75) is 18.8 Å². The van der Waals surface area contributed by atoms with Crippen molar-refractivity contribution in [3.8, 4) is 0 Å². The molecule has 1 fully saturated rings. The quantitative estimate of drug-likeness (QED) is 0.572. The monoisotopic (exact) mass is 364 g/mol. The van der Waals surface area contributed by atoms with Gasteiger partial charge in [0, 0.05) is 24.6 Å². The Bertz CT molecular complexity index is 1140. The third-order valence-corrected chi connectivity index (χ3v) is 5.19. The second kappa shape index (κ2) is 6.15. The summed E-state index contributed by atoms with van der Waals surface area (Å²) in [5.74, 6) is 0.835. The Morgan fingerprint density at radius 1 is 1.04 bits per heavy atom. The molecule has 2 aromatic heterocycles. The Hall–Kier alpha value is -3.29. The fourth-order valence-electron chi connectivity index (χ4n) is 3.71. The van der Waals surface area contributed by atoms with E-state index in [4.69, 9.17) is 0 Å². The van der Waals surface area contributed by atoms with Gasteiger partial charge in [0.15, 0.2) is 0 Å². The molecule has 1 saturated heterocycles. The number of carbonyl (C=O) groups is 1. The number of likely N-dealkylation sites (tertiary alicyclic amines) is 1. The maximum Gasteiger partial charge on any atom is 0.253 e. The molecule has 27 heavy (non-hydrogen) atoms. The van der Waals surface area contributed by atoms with Crippen LogP contribution in [0.25, 0.3) is 22.1 Å². The number of aromatic nitrogens is 5. The highest BCUT2D eigenvalue weighted by Crippen LogP contribution is 2.28. The van der Waals surface area contributed by atoms with Crippen LogP contribution in [0.3, 0.4) is 0 Å². The molecule has 0 spiro atoms. The van der Waals surface area contributed by atoms with Crippen molar-refractivity contribution in [1.82, 2.24) is 30.3 Å². The Labute approximate surface area is 153 Å². The van der Waals surface area contributed by atoms with Crippen molar-refractivity contribution in [2.24, 2.45) is 0 Å². The lowest BCUT2D eigenvalue weighted by atomic mass is 9.95. The van der Waals surface area contributed by atoms with E-state index in [1.54, 1.807) is 24.3 Å². The Morgan fingerprint density at radius 3 is 2.67 bits per heavy atom. The van der Waals surface area contributed by atoms with Gasteiger partial charge in [-0.1, -0.05) is 0 Å². The van der Waals surface area contributed by atoms with Crippen LogP contribution in [0.1, 0.15) is 34.9 Å². The number of rotatable bonds is 2. The summed E-state index contributed by atoms with van der Waals surface area (Å²) in [4.78, 5) is 22.5. The number of nitrogens with one attached hydrogen (secondary N) is 2. The highest BCUT2D eigenvalue weighted by Gasteiger charge is 2.26. The number of imidazole rings is 1. The number of hydrogen-bond donors (Lipinski definition) is 2. The van der Waals surface area contributed by atoms with E-state index in [0.717, 1.165) is 29.7 Å². The largest absolute Gasteiger partial charge is 0.342 e. The maximum atomic E-state index is 13.4. The predicted molar refractivity (Wildman–Crippen MR) is 97.8 cm³/mol. The molecule has 0 atom stereocenters. The Morgan fingerprint density at radius 2 is 1.81 bits per heavy atom. The van der Waals surface area contributed by atoms with Gasteiger partial charge in [0.05, 0.1) is 11.0 Å². The zero-order valence-electron chi connectivity index (χ0n) is 14.4. The van der Waals surface area contributed by atoms with Gasteiger partial charge in [0.25, 0.3) is 5.91 Å². The summed E-state index contributed by atoms with van der Waals surface area (Å²) in [6.07, 6.45) is 1.64. The minimum atomic E-state index is -0.276. The van der Waals surface area contributed by atoms with Gasteiger partial charge in [-0.3, -0.25) is 4.79 Å². The number of benzene rings is 2. The fourth-order valence-corrected chi connectivity index (χ4v) is 3.71. The summed E-state index contributed by atoms with van der Waals surface area (Å²) >= 11 is 0. The van der Waals surface area contributed by atoms with E-state index >= 15 is 0 Å². The van der Waals surface area contributed by atoms with E-state index in [1.165, 1.54) is 12.1 Å². The highest BCUT2D eigenvalue weighted by atomic mass is 19.1. The van der Waals surface area contributed by atoms with Gasteiger partial charge in [-0.15, -0.1) is 0 Å². The van der Waals surface area contributed by atoms with E-state index in [0.29, 0.717) is 29.7 Å². The van der Waals surface area contributed by atoms with Crippen molar-refractivity contribution in [3.63, 3.8) is 0 Å². The van der Waals surface area contributed by atoms with Crippen LogP contribution in [-0.2, 0) is 0 Å². The van der Waals surface area contributed by atoms with E-state index < -0.39 is 0 Å². The standard InChI is InChI=1S/C19H17FN6O/c20-13-2-4-14-16(10-13)22-18(21-14)11-5-7-26(8-6-11)19(27)12-1-3-15-17(9-12)24-25-23-15/h1-4,9-11H,5-8H2,(H,21,22)(H,23,24,25). The zero-order valence-corrected chi connectivity index (χ0v) is 14.4. The maximum absolute atomic E-state index is 13.4. The van der Waals surface area contributed by atoms with E-state index in [1.807, 2.05) is 4.90 Å². The molecule has 3 heterocycles. The van der Waals surface area contributed by atoms with Gasteiger partial charge in [-0.05, 0) is 49.2 Å². The first-order chi connectivity index (χ1) is 13.2. The number of fused-ring (bicyclic) bond motifs is 2. The Balaban J connectivity index is 1.30. The average Bonchev–Trinajstić information content (AvgIpc) is 3.33. The second-order valence-corrected chi connectivity index (χ2v) is 6.88. The van der Waals surface area contributed by atoms with Crippen molar-refractivity contribution in [3.05, 3.63) is 53.6 Å². The number of amides is 1. The molecule has 8 heteroatoms. The molecule has 0 saturated carbocycles. The number of nitrogens with zero attached hydrogens (tertiary/aromatic N) is 4. The van der Waals surface area contributed by atoms with Crippen molar-refractivity contribution >= 4 is 28.0 Å². The van der Waals surface area contributed by atoms with Crippen LogP contribution in [0.5, 0.6) is 0 Å². The van der Waals surface area contributed by atoms with Crippen LogP contribution < -0.4 is 0 Å².